The summed E-state index contributed by atoms with van der Waals surface area (Å²) in [5, 5.41) is 0. The number of H-pyrrole nitrogens is 1. The maximum absolute atomic E-state index is 5.56. The maximum atomic E-state index is 5.56. The van der Waals surface area contributed by atoms with Crippen LogP contribution in [0.4, 0.5) is 0 Å². The number of nitrogens with one attached hydrogen (secondary N) is 1. The molecule has 0 amide bonds. The molecular formula is C16H20N2OS. The number of methoxy groups -OCH3 is 1. The van der Waals surface area contributed by atoms with E-state index in [9.17, 15) is 0 Å². The highest BCUT2D eigenvalue weighted by Gasteiger charge is 2.15. The number of rotatable bonds is 4. The molecule has 3 nitrogen and oxygen atoms in total. The summed E-state index contributed by atoms with van der Waals surface area (Å²) in [5.74, 6) is 0.872. The summed E-state index contributed by atoms with van der Waals surface area (Å²) in [4.78, 5) is 7.46. The van der Waals surface area contributed by atoms with Crippen molar-refractivity contribution in [2.24, 2.45) is 0 Å². The molecule has 1 aromatic heterocycles. The molecule has 0 aliphatic rings. The van der Waals surface area contributed by atoms with Gasteiger partial charge in [0.05, 0.1) is 19.1 Å². The van der Waals surface area contributed by atoms with Crippen molar-refractivity contribution in [1.82, 2.24) is 9.97 Å². The summed E-state index contributed by atoms with van der Waals surface area (Å²) in [7, 11) is 1.70. The van der Waals surface area contributed by atoms with E-state index in [1.165, 1.54) is 11.1 Å². The summed E-state index contributed by atoms with van der Waals surface area (Å²) in [6.45, 7) is 6.31. The van der Waals surface area contributed by atoms with Gasteiger partial charge in [-0.3, -0.25) is 0 Å². The molecule has 0 bridgehead atoms. The molecule has 0 spiro atoms. The molecule has 2 aromatic rings. The molecule has 0 unspecified atom stereocenters. The van der Waals surface area contributed by atoms with Crippen molar-refractivity contribution in [3.8, 4) is 17.0 Å². The zero-order valence-corrected chi connectivity index (χ0v) is 13.2. The number of hydrogen-bond acceptors (Lipinski definition) is 3. The van der Waals surface area contributed by atoms with Crippen LogP contribution in [0, 0.1) is 18.5 Å². The Balaban J connectivity index is 2.75. The second kappa shape index (κ2) is 6.18. The molecule has 1 N–H and O–H groups in total. The molecule has 20 heavy (non-hydrogen) atoms. The van der Waals surface area contributed by atoms with Crippen molar-refractivity contribution in [1.29, 1.82) is 0 Å². The summed E-state index contributed by atoms with van der Waals surface area (Å²) in [6.07, 6.45) is 3.61. The summed E-state index contributed by atoms with van der Waals surface area (Å²) in [5.41, 5.74) is 5.57. The highest BCUT2D eigenvalue weighted by atomic mass is 32.1. The van der Waals surface area contributed by atoms with Gasteiger partial charge in [0.2, 0.25) is 0 Å². The molecule has 1 heterocycles. The first kappa shape index (κ1) is 14.7. The average molecular weight is 288 g/mol. The standard InChI is InChI=1S/C16H20N2OS/c1-5-6-12-15(17-9-18-16(12)20)14-11(3)7-10(2)8-13(14)19-4/h7-9H,5-6H2,1-4H3,(H,17,18,20). The van der Waals surface area contributed by atoms with Gasteiger partial charge in [0.1, 0.15) is 10.4 Å². The summed E-state index contributed by atoms with van der Waals surface area (Å²) >= 11 is 5.38. The van der Waals surface area contributed by atoms with Gasteiger partial charge in [0, 0.05) is 11.1 Å². The smallest absolute Gasteiger partial charge is 0.133 e. The van der Waals surface area contributed by atoms with Crippen molar-refractivity contribution >= 4 is 12.2 Å². The second-order valence-corrected chi connectivity index (χ2v) is 5.36. The highest BCUT2D eigenvalue weighted by molar-refractivity contribution is 7.71. The average Bonchev–Trinajstić information content (AvgIpc) is 2.41. The lowest BCUT2D eigenvalue weighted by molar-refractivity contribution is 0.415. The maximum Gasteiger partial charge on any atom is 0.133 e. The van der Waals surface area contributed by atoms with Crippen LogP contribution in [-0.2, 0) is 6.42 Å². The van der Waals surface area contributed by atoms with Crippen molar-refractivity contribution < 1.29 is 4.74 Å². The lowest BCUT2D eigenvalue weighted by Gasteiger charge is -2.16. The Kier molecular flexibility index (Phi) is 4.55. The van der Waals surface area contributed by atoms with Crippen LogP contribution >= 0.6 is 12.2 Å². The predicted octanol–water partition coefficient (Wildman–Crippen LogP) is 4.38. The fraction of sp³-hybridized carbons (Fsp3) is 0.375. The molecule has 0 aliphatic carbocycles. The van der Waals surface area contributed by atoms with Gasteiger partial charge in [0.15, 0.2) is 0 Å². The van der Waals surface area contributed by atoms with Crippen LogP contribution in [0.15, 0.2) is 18.5 Å². The van der Waals surface area contributed by atoms with E-state index in [-0.39, 0.29) is 0 Å². The van der Waals surface area contributed by atoms with Crippen LogP contribution in [0.5, 0.6) is 5.75 Å². The Hall–Kier alpha value is -1.68. The van der Waals surface area contributed by atoms with E-state index in [0.717, 1.165) is 35.4 Å². The Morgan fingerprint density at radius 1 is 1.30 bits per heavy atom. The van der Waals surface area contributed by atoms with Crippen LogP contribution in [0.1, 0.15) is 30.0 Å². The third-order valence-corrected chi connectivity index (χ3v) is 3.72. The largest absolute Gasteiger partial charge is 0.496 e. The zero-order valence-electron chi connectivity index (χ0n) is 12.4. The van der Waals surface area contributed by atoms with Gasteiger partial charge in [-0.25, -0.2) is 4.98 Å². The first-order valence-corrected chi connectivity index (χ1v) is 7.21. The zero-order chi connectivity index (χ0) is 14.7. The number of aromatic nitrogens is 2. The molecule has 1 aromatic carbocycles. The van der Waals surface area contributed by atoms with Gasteiger partial charge < -0.3 is 9.72 Å². The number of nitrogens with zero attached hydrogens (tertiary/aromatic N) is 1. The Morgan fingerprint density at radius 2 is 2.05 bits per heavy atom. The van der Waals surface area contributed by atoms with Crippen LogP contribution in [0.3, 0.4) is 0 Å². The monoisotopic (exact) mass is 288 g/mol. The number of benzene rings is 1. The summed E-state index contributed by atoms with van der Waals surface area (Å²) in [6, 6.07) is 4.21. The molecule has 0 saturated heterocycles. The van der Waals surface area contributed by atoms with Crippen LogP contribution in [0.25, 0.3) is 11.3 Å². The van der Waals surface area contributed by atoms with Crippen molar-refractivity contribution in [3.05, 3.63) is 39.8 Å². The normalized spacial score (nSPS) is 10.6. The Labute approximate surface area is 125 Å². The van der Waals surface area contributed by atoms with Crippen molar-refractivity contribution in [3.63, 3.8) is 0 Å². The third kappa shape index (κ3) is 2.75. The summed E-state index contributed by atoms with van der Waals surface area (Å²) < 4.78 is 6.23. The minimum Gasteiger partial charge on any atom is -0.496 e. The van der Waals surface area contributed by atoms with E-state index in [1.807, 2.05) is 0 Å². The quantitative estimate of drug-likeness (QED) is 0.848. The van der Waals surface area contributed by atoms with E-state index in [1.54, 1.807) is 13.4 Å². The van der Waals surface area contributed by atoms with Gasteiger partial charge in [-0.15, -0.1) is 0 Å². The third-order valence-electron chi connectivity index (χ3n) is 3.36. The molecular weight excluding hydrogens is 268 g/mol. The lowest BCUT2D eigenvalue weighted by atomic mass is 9.97. The fourth-order valence-corrected chi connectivity index (χ4v) is 2.80. The van der Waals surface area contributed by atoms with E-state index in [4.69, 9.17) is 17.0 Å². The fourth-order valence-electron chi connectivity index (χ4n) is 2.54. The van der Waals surface area contributed by atoms with Crippen LogP contribution in [-0.4, -0.2) is 17.1 Å². The highest BCUT2D eigenvalue weighted by Crippen LogP contribution is 2.35. The topological polar surface area (TPSA) is 37.9 Å². The number of aryl methyl sites for hydroxylation is 2. The molecule has 106 valence electrons. The van der Waals surface area contributed by atoms with E-state index >= 15 is 0 Å². The molecule has 0 aliphatic heterocycles. The first-order valence-electron chi connectivity index (χ1n) is 6.80. The Bertz CT molecular complexity index is 677. The van der Waals surface area contributed by atoms with E-state index < -0.39 is 0 Å². The van der Waals surface area contributed by atoms with Crippen molar-refractivity contribution in [2.45, 2.75) is 33.6 Å². The number of hydrogen-bond donors (Lipinski definition) is 1. The predicted molar refractivity (Wildman–Crippen MR) is 84.9 cm³/mol. The van der Waals surface area contributed by atoms with E-state index in [2.05, 4.69) is 42.9 Å². The number of ether oxygens (including phenoxy) is 1. The molecule has 2 rings (SSSR count). The van der Waals surface area contributed by atoms with Gasteiger partial charge >= 0.3 is 0 Å². The first-order chi connectivity index (χ1) is 9.58. The van der Waals surface area contributed by atoms with Crippen LogP contribution in [0.2, 0.25) is 0 Å². The van der Waals surface area contributed by atoms with Gasteiger partial charge in [0.25, 0.3) is 0 Å². The molecule has 4 heteroatoms. The molecule has 0 saturated carbocycles. The van der Waals surface area contributed by atoms with Crippen molar-refractivity contribution in [2.75, 3.05) is 7.11 Å². The molecule has 0 radical (unpaired) electrons. The SMILES string of the molecule is CCCc1c(-c2c(C)cc(C)cc2OC)[nH]cnc1=S. The van der Waals surface area contributed by atoms with Crippen LogP contribution < -0.4 is 4.74 Å². The Morgan fingerprint density at radius 3 is 2.70 bits per heavy atom. The minimum atomic E-state index is 0.669. The molecule has 0 fully saturated rings. The van der Waals surface area contributed by atoms with Gasteiger partial charge in [-0.1, -0.05) is 31.6 Å². The number of aromatic amines is 1. The van der Waals surface area contributed by atoms with Gasteiger partial charge in [-0.05, 0) is 37.5 Å². The van der Waals surface area contributed by atoms with E-state index in [0.29, 0.717) is 4.64 Å². The van der Waals surface area contributed by atoms with Gasteiger partial charge in [-0.2, -0.15) is 0 Å². The second-order valence-electron chi connectivity index (χ2n) is 4.97. The minimum absolute atomic E-state index is 0.669. The molecule has 0 atom stereocenters. The lowest BCUT2D eigenvalue weighted by Crippen LogP contribution is -2.00.